The smallest absolute Gasteiger partial charge is 0.251 e. The molecule has 0 bridgehead atoms. The Hall–Kier alpha value is -3.32. The quantitative estimate of drug-likeness (QED) is 0.428. The SMILES string of the molecule is CCOc1ccc(N(Cc2ccc(C(=O)N[C@H](C)c3cc(C)c(C)cc3C)cc2)S(C)(=O)=O)cc1. The van der Waals surface area contributed by atoms with Crippen LogP contribution < -0.4 is 14.4 Å². The molecular formula is C28H34N2O4S. The summed E-state index contributed by atoms with van der Waals surface area (Å²) in [6, 6.07) is 18.1. The number of nitrogens with one attached hydrogen (secondary N) is 1. The molecule has 1 amide bonds. The van der Waals surface area contributed by atoms with Gasteiger partial charge in [-0.05, 0) is 98.8 Å². The van der Waals surface area contributed by atoms with Crippen molar-refractivity contribution >= 4 is 21.6 Å². The minimum absolute atomic E-state index is 0.137. The van der Waals surface area contributed by atoms with Gasteiger partial charge in [0.15, 0.2) is 0 Å². The van der Waals surface area contributed by atoms with Gasteiger partial charge in [0.2, 0.25) is 10.0 Å². The molecule has 0 aliphatic carbocycles. The molecule has 0 saturated heterocycles. The fourth-order valence-electron chi connectivity index (χ4n) is 4.01. The second-order valence-corrected chi connectivity index (χ2v) is 10.8. The summed E-state index contributed by atoms with van der Waals surface area (Å²) >= 11 is 0. The molecule has 0 aliphatic heterocycles. The zero-order chi connectivity index (χ0) is 25.8. The minimum Gasteiger partial charge on any atom is -0.494 e. The van der Waals surface area contributed by atoms with E-state index in [1.54, 1.807) is 48.5 Å². The zero-order valence-corrected chi connectivity index (χ0v) is 22.1. The molecule has 0 spiro atoms. The van der Waals surface area contributed by atoms with Crippen LogP contribution in [0.4, 0.5) is 5.69 Å². The van der Waals surface area contributed by atoms with Crippen molar-refractivity contribution in [3.05, 3.63) is 94.0 Å². The highest BCUT2D eigenvalue weighted by molar-refractivity contribution is 7.92. The highest BCUT2D eigenvalue weighted by Crippen LogP contribution is 2.25. The third-order valence-corrected chi connectivity index (χ3v) is 7.22. The molecule has 7 heteroatoms. The van der Waals surface area contributed by atoms with Crippen LogP contribution in [0, 0.1) is 20.8 Å². The van der Waals surface area contributed by atoms with Crippen molar-refractivity contribution in [2.75, 3.05) is 17.2 Å². The number of benzene rings is 3. The van der Waals surface area contributed by atoms with Gasteiger partial charge in [0.1, 0.15) is 5.75 Å². The number of nitrogens with zero attached hydrogens (tertiary/aromatic N) is 1. The number of hydrogen-bond acceptors (Lipinski definition) is 4. The fraction of sp³-hybridized carbons (Fsp3) is 0.321. The number of carbonyl (C=O) groups is 1. The molecule has 3 rings (SSSR count). The van der Waals surface area contributed by atoms with E-state index in [1.807, 2.05) is 13.8 Å². The van der Waals surface area contributed by atoms with Crippen molar-refractivity contribution in [2.45, 2.75) is 47.2 Å². The average molecular weight is 495 g/mol. The molecular weight excluding hydrogens is 460 g/mol. The fourth-order valence-corrected chi connectivity index (χ4v) is 4.90. The maximum atomic E-state index is 12.9. The van der Waals surface area contributed by atoms with Gasteiger partial charge in [0, 0.05) is 5.56 Å². The predicted molar refractivity (Wildman–Crippen MR) is 142 cm³/mol. The summed E-state index contributed by atoms with van der Waals surface area (Å²) < 4.78 is 31.7. The Kier molecular flexibility index (Phi) is 8.22. The summed E-state index contributed by atoms with van der Waals surface area (Å²) in [6.07, 6.45) is 1.18. The van der Waals surface area contributed by atoms with E-state index in [4.69, 9.17) is 4.74 Å². The van der Waals surface area contributed by atoms with Crippen molar-refractivity contribution in [3.63, 3.8) is 0 Å². The Morgan fingerprint density at radius 2 is 1.54 bits per heavy atom. The minimum atomic E-state index is -3.51. The molecule has 0 aliphatic rings. The number of aryl methyl sites for hydroxylation is 3. The molecule has 0 unspecified atom stereocenters. The van der Waals surface area contributed by atoms with Gasteiger partial charge in [-0.25, -0.2) is 8.42 Å². The first-order valence-corrected chi connectivity index (χ1v) is 13.5. The maximum Gasteiger partial charge on any atom is 0.251 e. The van der Waals surface area contributed by atoms with Crippen LogP contribution >= 0.6 is 0 Å². The molecule has 1 N–H and O–H groups in total. The van der Waals surface area contributed by atoms with Gasteiger partial charge < -0.3 is 10.1 Å². The number of ether oxygens (including phenoxy) is 1. The van der Waals surface area contributed by atoms with Gasteiger partial charge >= 0.3 is 0 Å². The van der Waals surface area contributed by atoms with Crippen molar-refractivity contribution in [1.29, 1.82) is 0 Å². The third kappa shape index (κ3) is 6.63. The summed E-state index contributed by atoms with van der Waals surface area (Å²) in [6.45, 7) is 10.8. The number of hydrogen-bond donors (Lipinski definition) is 1. The topological polar surface area (TPSA) is 75.7 Å². The summed E-state index contributed by atoms with van der Waals surface area (Å²) in [7, 11) is -3.51. The molecule has 0 fully saturated rings. The van der Waals surface area contributed by atoms with E-state index >= 15 is 0 Å². The van der Waals surface area contributed by atoms with E-state index in [2.05, 4.69) is 38.2 Å². The van der Waals surface area contributed by atoms with E-state index in [-0.39, 0.29) is 18.5 Å². The molecule has 0 radical (unpaired) electrons. The monoisotopic (exact) mass is 494 g/mol. The molecule has 0 heterocycles. The van der Waals surface area contributed by atoms with Crippen LogP contribution in [0.2, 0.25) is 0 Å². The molecule has 3 aromatic rings. The van der Waals surface area contributed by atoms with Gasteiger partial charge in [-0.15, -0.1) is 0 Å². The van der Waals surface area contributed by atoms with Gasteiger partial charge in [-0.3, -0.25) is 9.10 Å². The first-order chi connectivity index (χ1) is 16.5. The third-order valence-electron chi connectivity index (χ3n) is 6.07. The van der Waals surface area contributed by atoms with E-state index in [0.29, 0.717) is 23.6 Å². The lowest BCUT2D eigenvalue weighted by Gasteiger charge is -2.23. The largest absolute Gasteiger partial charge is 0.494 e. The second kappa shape index (κ2) is 11.0. The molecule has 6 nitrogen and oxygen atoms in total. The standard InChI is InChI=1S/C28H34N2O4S/c1-7-34-26-14-12-25(13-15-26)30(35(6,32)33)18-23-8-10-24(11-9-23)28(31)29-22(5)27-17-20(3)19(2)16-21(27)4/h8-17,22H,7,18H2,1-6H3,(H,29,31)/t22-/m1/s1. The van der Waals surface area contributed by atoms with Crippen LogP contribution in [-0.4, -0.2) is 27.2 Å². The number of sulfonamides is 1. The van der Waals surface area contributed by atoms with E-state index in [1.165, 1.54) is 21.7 Å². The Balaban J connectivity index is 1.73. The van der Waals surface area contributed by atoms with Gasteiger partial charge in [0.25, 0.3) is 5.91 Å². The number of rotatable bonds is 9. The van der Waals surface area contributed by atoms with E-state index in [9.17, 15) is 13.2 Å². The molecule has 3 aromatic carbocycles. The average Bonchev–Trinajstić information content (AvgIpc) is 2.80. The number of carbonyl (C=O) groups excluding carboxylic acids is 1. The van der Waals surface area contributed by atoms with Crippen LogP contribution in [0.1, 0.15) is 58.1 Å². The first-order valence-electron chi connectivity index (χ1n) is 11.7. The van der Waals surface area contributed by atoms with E-state index < -0.39 is 10.0 Å². The highest BCUT2D eigenvalue weighted by Gasteiger charge is 2.19. The first kappa shape index (κ1) is 26.3. The van der Waals surface area contributed by atoms with Crippen molar-refractivity contribution < 1.29 is 17.9 Å². The van der Waals surface area contributed by atoms with Crippen molar-refractivity contribution in [3.8, 4) is 5.75 Å². The molecule has 1 atom stereocenters. The second-order valence-electron chi connectivity index (χ2n) is 8.88. The molecule has 0 saturated carbocycles. The van der Waals surface area contributed by atoms with E-state index in [0.717, 1.165) is 16.7 Å². The number of anilines is 1. The lowest BCUT2D eigenvalue weighted by molar-refractivity contribution is 0.0939. The molecule has 186 valence electrons. The Morgan fingerprint density at radius 3 is 2.11 bits per heavy atom. The summed E-state index contributed by atoms with van der Waals surface area (Å²) in [4.78, 5) is 12.9. The summed E-state index contributed by atoms with van der Waals surface area (Å²) in [5.74, 6) is 0.512. The van der Waals surface area contributed by atoms with Gasteiger partial charge in [-0.1, -0.05) is 24.3 Å². The lowest BCUT2D eigenvalue weighted by Crippen LogP contribution is -2.29. The summed E-state index contributed by atoms with van der Waals surface area (Å²) in [5.41, 5.74) is 6.51. The predicted octanol–water partition coefficient (Wildman–Crippen LogP) is 5.47. The van der Waals surface area contributed by atoms with Crippen LogP contribution in [0.5, 0.6) is 5.75 Å². The Bertz CT molecular complexity index is 1280. The Labute approximate surface area is 209 Å². The highest BCUT2D eigenvalue weighted by atomic mass is 32.2. The lowest BCUT2D eigenvalue weighted by atomic mass is 9.96. The van der Waals surface area contributed by atoms with Crippen LogP contribution in [-0.2, 0) is 16.6 Å². The molecule has 35 heavy (non-hydrogen) atoms. The maximum absolute atomic E-state index is 12.9. The Morgan fingerprint density at radius 1 is 0.943 bits per heavy atom. The zero-order valence-electron chi connectivity index (χ0n) is 21.3. The number of amides is 1. The van der Waals surface area contributed by atoms with Crippen LogP contribution in [0.3, 0.4) is 0 Å². The van der Waals surface area contributed by atoms with Crippen molar-refractivity contribution in [2.24, 2.45) is 0 Å². The van der Waals surface area contributed by atoms with Gasteiger partial charge in [-0.2, -0.15) is 0 Å². The normalized spacial score (nSPS) is 12.2. The summed E-state index contributed by atoms with van der Waals surface area (Å²) in [5, 5.41) is 3.07. The van der Waals surface area contributed by atoms with Crippen LogP contribution in [0.15, 0.2) is 60.7 Å². The van der Waals surface area contributed by atoms with Crippen LogP contribution in [0.25, 0.3) is 0 Å². The van der Waals surface area contributed by atoms with Crippen molar-refractivity contribution in [1.82, 2.24) is 5.32 Å². The van der Waals surface area contributed by atoms with Gasteiger partial charge in [0.05, 0.1) is 31.1 Å². The molecule has 0 aromatic heterocycles.